The van der Waals surface area contributed by atoms with Gasteiger partial charge in [-0.25, -0.2) is 9.59 Å². The first kappa shape index (κ1) is 12.8. The van der Waals surface area contributed by atoms with Gasteiger partial charge in [0.25, 0.3) is 0 Å². The van der Waals surface area contributed by atoms with Crippen molar-refractivity contribution in [3.8, 4) is 0 Å². The fourth-order valence-electron chi connectivity index (χ4n) is 1.37. The summed E-state index contributed by atoms with van der Waals surface area (Å²) in [5, 5.41) is 3.42. The van der Waals surface area contributed by atoms with Gasteiger partial charge in [-0.2, -0.15) is 0 Å². The van der Waals surface area contributed by atoms with Crippen molar-refractivity contribution < 1.29 is 23.6 Å². The number of nitrogens with zero attached hydrogens (tertiary/aromatic N) is 1. The standard InChI is InChI=1S/C13H11NO5/c1-9-11(7-14-19-9)12(15)18-13(16)17-8-10-5-3-2-4-6-10/h2-7H,8H2,1H3. The molecule has 0 aliphatic carbocycles. The van der Waals surface area contributed by atoms with Crippen molar-refractivity contribution in [2.75, 3.05) is 0 Å². The Hall–Kier alpha value is -2.63. The average Bonchev–Trinajstić information content (AvgIpc) is 2.84. The van der Waals surface area contributed by atoms with Gasteiger partial charge in [0.2, 0.25) is 0 Å². The number of aryl methyl sites for hydroxylation is 1. The van der Waals surface area contributed by atoms with Gasteiger partial charge in [-0.1, -0.05) is 35.5 Å². The molecule has 0 N–H and O–H groups in total. The van der Waals surface area contributed by atoms with Gasteiger partial charge < -0.3 is 14.0 Å². The summed E-state index contributed by atoms with van der Waals surface area (Å²) in [5.74, 6) is -0.572. The highest BCUT2D eigenvalue weighted by Gasteiger charge is 2.19. The Labute approximate surface area is 108 Å². The van der Waals surface area contributed by atoms with E-state index in [0.717, 1.165) is 5.56 Å². The Bertz CT molecular complexity index is 576. The molecule has 98 valence electrons. The van der Waals surface area contributed by atoms with E-state index in [9.17, 15) is 9.59 Å². The molecule has 1 aromatic carbocycles. The Morgan fingerprint density at radius 1 is 1.26 bits per heavy atom. The van der Waals surface area contributed by atoms with E-state index >= 15 is 0 Å². The number of esters is 1. The fraction of sp³-hybridized carbons (Fsp3) is 0.154. The molecule has 2 rings (SSSR count). The van der Waals surface area contributed by atoms with E-state index < -0.39 is 12.1 Å². The summed E-state index contributed by atoms with van der Waals surface area (Å²) in [6, 6.07) is 9.06. The Kier molecular flexibility index (Phi) is 3.92. The fourth-order valence-corrected chi connectivity index (χ4v) is 1.37. The van der Waals surface area contributed by atoms with Crippen LogP contribution < -0.4 is 0 Å². The van der Waals surface area contributed by atoms with Crippen LogP contribution in [0.25, 0.3) is 0 Å². The van der Waals surface area contributed by atoms with Gasteiger partial charge in [-0.15, -0.1) is 0 Å². The molecule has 0 saturated heterocycles. The van der Waals surface area contributed by atoms with Crippen LogP contribution in [0.3, 0.4) is 0 Å². The Balaban J connectivity index is 1.85. The summed E-state index contributed by atoms with van der Waals surface area (Å²) in [6.07, 6.45) is 0.122. The van der Waals surface area contributed by atoms with Crippen molar-refractivity contribution in [3.05, 3.63) is 53.4 Å². The zero-order chi connectivity index (χ0) is 13.7. The first-order chi connectivity index (χ1) is 9.16. The van der Waals surface area contributed by atoms with E-state index in [-0.39, 0.29) is 17.9 Å². The van der Waals surface area contributed by atoms with Crippen LogP contribution in [0, 0.1) is 6.92 Å². The lowest BCUT2D eigenvalue weighted by atomic mass is 10.2. The van der Waals surface area contributed by atoms with Gasteiger partial charge in [-0.05, 0) is 12.5 Å². The number of carbonyl (C=O) groups is 2. The first-order valence-corrected chi connectivity index (χ1v) is 5.51. The lowest BCUT2D eigenvalue weighted by Gasteiger charge is -2.04. The zero-order valence-electron chi connectivity index (χ0n) is 10.2. The van der Waals surface area contributed by atoms with Gasteiger partial charge in [0.1, 0.15) is 17.9 Å². The topological polar surface area (TPSA) is 78.6 Å². The lowest BCUT2D eigenvalue weighted by molar-refractivity contribution is 0.0359. The molecule has 0 amide bonds. The maximum Gasteiger partial charge on any atom is 0.516 e. The molecule has 0 aliphatic heterocycles. The molecule has 1 aromatic heterocycles. The number of benzene rings is 1. The normalized spacial score (nSPS) is 9.95. The van der Waals surface area contributed by atoms with E-state index in [0.29, 0.717) is 0 Å². The van der Waals surface area contributed by atoms with Crippen LogP contribution in [0.2, 0.25) is 0 Å². The Morgan fingerprint density at radius 2 is 2.00 bits per heavy atom. The number of carbonyl (C=O) groups excluding carboxylic acids is 2. The van der Waals surface area contributed by atoms with E-state index in [1.165, 1.54) is 6.20 Å². The summed E-state index contributed by atoms with van der Waals surface area (Å²) in [6.45, 7) is 1.58. The summed E-state index contributed by atoms with van der Waals surface area (Å²) in [7, 11) is 0. The van der Waals surface area contributed by atoms with E-state index in [1.54, 1.807) is 19.1 Å². The summed E-state index contributed by atoms with van der Waals surface area (Å²) in [4.78, 5) is 22.8. The summed E-state index contributed by atoms with van der Waals surface area (Å²) >= 11 is 0. The Morgan fingerprint density at radius 3 is 2.63 bits per heavy atom. The minimum atomic E-state index is -1.06. The molecule has 0 aliphatic rings. The highest BCUT2D eigenvalue weighted by Crippen LogP contribution is 2.09. The predicted molar refractivity (Wildman–Crippen MR) is 63.3 cm³/mol. The zero-order valence-corrected chi connectivity index (χ0v) is 10.2. The predicted octanol–water partition coefficient (Wildman–Crippen LogP) is 2.48. The SMILES string of the molecule is Cc1oncc1C(=O)OC(=O)OCc1ccccc1. The number of ether oxygens (including phenoxy) is 2. The van der Waals surface area contributed by atoms with E-state index in [2.05, 4.69) is 9.89 Å². The van der Waals surface area contributed by atoms with Gasteiger partial charge in [0.15, 0.2) is 0 Å². The molecular weight excluding hydrogens is 250 g/mol. The van der Waals surface area contributed by atoms with Crippen molar-refractivity contribution in [2.24, 2.45) is 0 Å². The third-order valence-corrected chi connectivity index (χ3v) is 2.35. The van der Waals surface area contributed by atoms with Gasteiger partial charge in [0, 0.05) is 0 Å². The van der Waals surface area contributed by atoms with E-state index in [1.807, 2.05) is 18.2 Å². The number of hydrogen-bond acceptors (Lipinski definition) is 6. The highest BCUT2D eigenvalue weighted by atomic mass is 16.7. The minimum Gasteiger partial charge on any atom is -0.429 e. The van der Waals surface area contributed by atoms with Crippen LogP contribution in [0.15, 0.2) is 41.1 Å². The van der Waals surface area contributed by atoms with Crippen LogP contribution in [-0.2, 0) is 16.1 Å². The van der Waals surface area contributed by atoms with Crippen LogP contribution in [0.4, 0.5) is 4.79 Å². The largest absolute Gasteiger partial charge is 0.516 e. The molecule has 1 heterocycles. The number of rotatable bonds is 3. The average molecular weight is 261 g/mol. The number of aromatic nitrogens is 1. The molecule has 0 saturated carbocycles. The van der Waals surface area contributed by atoms with Crippen molar-refractivity contribution >= 4 is 12.1 Å². The lowest BCUT2D eigenvalue weighted by Crippen LogP contribution is -2.14. The summed E-state index contributed by atoms with van der Waals surface area (Å²) in [5.41, 5.74) is 0.893. The molecule has 0 atom stereocenters. The molecular formula is C13H11NO5. The quantitative estimate of drug-likeness (QED) is 0.623. The second-order valence-electron chi connectivity index (χ2n) is 3.71. The van der Waals surface area contributed by atoms with E-state index in [4.69, 9.17) is 9.26 Å². The van der Waals surface area contributed by atoms with Crippen molar-refractivity contribution in [1.29, 1.82) is 0 Å². The van der Waals surface area contributed by atoms with Crippen LogP contribution in [0.1, 0.15) is 21.7 Å². The maximum absolute atomic E-state index is 11.5. The van der Waals surface area contributed by atoms with Crippen LogP contribution in [-0.4, -0.2) is 17.3 Å². The number of hydrogen-bond donors (Lipinski definition) is 0. The van der Waals surface area contributed by atoms with Crippen molar-refractivity contribution in [1.82, 2.24) is 5.16 Å². The molecule has 6 nitrogen and oxygen atoms in total. The van der Waals surface area contributed by atoms with Gasteiger partial charge >= 0.3 is 12.1 Å². The second kappa shape index (κ2) is 5.81. The van der Waals surface area contributed by atoms with Crippen molar-refractivity contribution in [3.63, 3.8) is 0 Å². The molecule has 2 aromatic rings. The molecule has 0 radical (unpaired) electrons. The van der Waals surface area contributed by atoms with Gasteiger partial charge in [0.05, 0.1) is 6.20 Å². The van der Waals surface area contributed by atoms with Crippen molar-refractivity contribution in [2.45, 2.75) is 13.5 Å². The third kappa shape index (κ3) is 3.41. The summed E-state index contributed by atoms with van der Waals surface area (Å²) < 4.78 is 14.0. The molecule has 6 heteroatoms. The molecule has 0 bridgehead atoms. The highest BCUT2D eigenvalue weighted by molar-refractivity contribution is 5.95. The first-order valence-electron chi connectivity index (χ1n) is 5.51. The monoisotopic (exact) mass is 261 g/mol. The van der Waals surface area contributed by atoms with Crippen LogP contribution in [0.5, 0.6) is 0 Å². The smallest absolute Gasteiger partial charge is 0.429 e. The maximum atomic E-state index is 11.5. The molecule has 19 heavy (non-hydrogen) atoms. The molecule has 0 spiro atoms. The van der Waals surface area contributed by atoms with Crippen LogP contribution >= 0.6 is 0 Å². The third-order valence-electron chi connectivity index (χ3n) is 2.35. The minimum absolute atomic E-state index is 0.0373. The molecule has 0 unspecified atom stereocenters. The second-order valence-corrected chi connectivity index (χ2v) is 3.71. The molecule has 0 fully saturated rings. The van der Waals surface area contributed by atoms with Gasteiger partial charge in [-0.3, -0.25) is 0 Å².